The quantitative estimate of drug-likeness (QED) is 0.857. The van der Waals surface area contributed by atoms with Gasteiger partial charge in [-0.1, -0.05) is 17.7 Å². The number of pyridine rings is 1. The first-order valence-corrected chi connectivity index (χ1v) is 5.80. The number of halogens is 4. The maximum Gasteiger partial charge on any atom is 0.416 e. The molecule has 0 aliphatic carbocycles. The van der Waals surface area contributed by atoms with Crippen LogP contribution < -0.4 is 5.32 Å². The van der Waals surface area contributed by atoms with Gasteiger partial charge in [0, 0.05) is 11.9 Å². The van der Waals surface area contributed by atoms with Crippen molar-refractivity contribution in [1.29, 1.82) is 0 Å². The van der Waals surface area contributed by atoms with Crippen molar-refractivity contribution in [2.75, 3.05) is 5.32 Å². The molecule has 0 radical (unpaired) electrons. The fourth-order valence-electron chi connectivity index (χ4n) is 1.60. The molecule has 1 N–H and O–H groups in total. The van der Waals surface area contributed by atoms with Crippen molar-refractivity contribution in [2.24, 2.45) is 0 Å². The van der Waals surface area contributed by atoms with Gasteiger partial charge in [0.05, 0.1) is 10.6 Å². The Kier molecular flexibility index (Phi) is 3.66. The van der Waals surface area contributed by atoms with Gasteiger partial charge in [0.15, 0.2) is 0 Å². The van der Waals surface area contributed by atoms with Crippen LogP contribution in [0.3, 0.4) is 0 Å². The topological polar surface area (TPSA) is 24.9 Å². The minimum absolute atomic E-state index is 0.183. The zero-order valence-corrected chi connectivity index (χ0v) is 10.7. The lowest BCUT2D eigenvalue weighted by atomic mass is 10.1. The molecule has 0 atom stereocenters. The Morgan fingerprint density at radius 1 is 1.16 bits per heavy atom. The summed E-state index contributed by atoms with van der Waals surface area (Å²) < 4.78 is 38.3. The minimum atomic E-state index is -4.37. The third-order valence-corrected chi connectivity index (χ3v) is 2.77. The average molecular weight is 287 g/mol. The second-order valence-corrected chi connectivity index (χ2v) is 4.45. The summed E-state index contributed by atoms with van der Waals surface area (Å²) in [5.41, 5.74) is -0.152. The van der Waals surface area contributed by atoms with E-state index in [1.807, 2.05) is 0 Å². The molecule has 100 valence electrons. The van der Waals surface area contributed by atoms with Crippen LogP contribution in [0.15, 0.2) is 36.5 Å². The van der Waals surface area contributed by atoms with E-state index in [1.54, 1.807) is 18.2 Å². The highest BCUT2D eigenvalue weighted by Gasteiger charge is 2.32. The van der Waals surface area contributed by atoms with Crippen LogP contribution in [0.4, 0.5) is 24.7 Å². The van der Waals surface area contributed by atoms with Gasteiger partial charge in [-0.15, -0.1) is 0 Å². The monoisotopic (exact) mass is 286 g/mol. The van der Waals surface area contributed by atoms with Gasteiger partial charge < -0.3 is 5.32 Å². The van der Waals surface area contributed by atoms with Crippen molar-refractivity contribution in [3.05, 3.63) is 52.7 Å². The Morgan fingerprint density at radius 3 is 2.47 bits per heavy atom. The zero-order chi connectivity index (χ0) is 14.0. The lowest BCUT2D eigenvalue weighted by Gasteiger charge is -2.13. The molecule has 0 saturated carbocycles. The molecule has 2 nitrogen and oxygen atoms in total. The van der Waals surface area contributed by atoms with Gasteiger partial charge in [-0.2, -0.15) is 13.2 Å². The lowest BCUT2D eigenvalue weighted by molar-refractivity contribution is -0.138. The molecule has 2 rings (SSSR count). The van der Waals surface area contributed by atoms with E-state index >= 15 is 0 Å². The van der Waals surface area contributed by atoms with E-state index in [9.17, 15) is 13.2 Å². The first kappa shape index (κ1) is 13.7. The number of hydrogen-bond donors (Lipinski definition) is 1. The Morgan fingerprint density at radius 2 is 1.89 bits per heavy atom. The molecule has 1 aromatic carbocycles. The normalized spacial score (nSPS) is 11.4. The summed E-state index contributed by atoms with van der Waals surface area (Å²) in [5, 5.41) is 3.26. The van der Waals surface area contributed by atoms with E-state index in [1.165, 1.54) is 19.2 Å². The molecule has 0 fully saturated rings. The lowest BCUT2D eigenvalue weighted by Crippen LogP contribution is -2.08. The van der Waals surface area contributed by atoms with Gasteiger partial charge in [-0.25, -0.2) is 4.98 Å². The van der Waals surface area contributed by atoms with E-state index < -0.39 is 11.7 Å². The molecule has 0 spiro atoms. The number of aromatic nitrogens is 1. The van der Waals surface area contributed by atoms with Gasteiger partial charge in [0.25, 0.3) is 0 Å². The van der Waals surface area contributed by atoms with Crippen LogP contribution in [-0.2, 0) is 6.18 Å². The second kappa shape index (κ2) is 5.09. The SMILES string of the molecule is Cc1ccc(Nc2ccc(Cl)cn2)cc1C(F)(F)F. The highest BCUT2D eigenvalue weighted by atomic mass is 35.5. The molecule has 0 unspecified atom stereocenters. The van der Waals surface area contributed by atoms with E-state index in [2.05, 4.69) is 10.3 Å². The summed E-state index contributed by atoms with van der Waals surface area (Å²) >= 11 is 5.68. The molecule has 0 amide bonds. The number of benzene rings is 1. The van der Waals surface area contributed by atoms with E-state index in [0.29, 0.717) is 16.5 Å². The van der Waals surface area contributed by atoms with E-state index in [4.69, 9.17) is 11.6 Å². The van der Waals surface area contributed by atoms with Gasteiger partial charge in [-0.05, 0) is 36.8 Å². The first-order chi connectivity index (χ1) is 8.86. The Labute approximate surface area is 113 Å². The van der Waals surface area contributed by atoms with E-state index in [0.717, 1.165) is 6.07 Å². The number of rotatable bonds is 2. The zero-order valence-electron chi connectivity index (χ0n) is 9.92. The number of aryl methyl sites for hydroxylation is 1. The number of alkyl halides is 3. The van der Waals surface area contributed by atoms with Crippen LogP contribution in [-0.4, -0.2) is 4.98 Å². The van der Waals surface area contributed by atoms with Crippen LogP contribution in [0.25, 0.3) is 0 Å². The third kappa shape index (κ3) is 3.38. The predicted octanol–water partition coefficient (Wildman–Crippen LogP) is 4.81. The second-order valence-electron chi connectivity index (χ2n) is 4.01. The minimum Gasteiger partial charge on any atom is -0.340 e. The Hall–Kier alpha value is -1.75. The predicted molar refractivity (Wildman–Crippen MR) is 68.7 cm³/mol. The molecular weight excluding hydrogens is 277 g/mol. The molecule has 19 heavy (non-hydrogen) atoms. The molecule has 2 aromatic rings. The fraction of sp³-hybridized carbons (Fsp3) is 0.154. The maximum atomic E-state index is 12.8. The standard InChI is InChI=1S/C13H10ClF3N2/c1-8-2-4-10(6-11(8)13(15,16)17)19-12-5-3-9(14)7-18-12/h2-7H,1H3,(H,18,19). The van der Waals surface area contributed by atoms with Crippen molar-refractivity contribution in [2.45, 2.75) is 13.1 Å². The van der Waals surface area contributed by atoms with Crippen molar-refractivity contribution < 1.29 is 13.2 Å². The number of nitrogens with zero attached hydrogens (tertiary/aromatic N) is 1. The van der Waals surface area contributed by atoms with Crippen LogP contribution in [0.2, 0.25) is 5.02 Å². The van der Waals surface area contributed by atoms with Crippen LogP contribution in [0.5, 0.6) is 0 Å². The Balaban J connectivity index is 2.29. The molecule has 0 aliphatic rings. The smallest absolute Gasteiger partial charge is 0.340 e. The molecule has 0 saturated heterocycles. The largest absolute Gasteiger partial charge is 0.416 e. The fourth-order valence-corrected chi connectivity index (χ4v) is 1.71. The number of anilines is 2. The highest BCUT2D eigenvalue weighted by Crippen LogP contribution is 2.33. The van der Waals surface area contributed by atoms with Gasteiger partial charge in [0.1, 0.15) is 5.82 Å². The van der Waals surface area contributed by atoms with Crippen LogP contribution >= 0.6 is 11.6 Å². The molecule has 1 aromatic heterocycles. The Bertz CT molecular complexity index is 579. The molecular formula is C13H10ClF3N2. The number of hydrogen-bond acceptors (Lipinski definition) is 2. The van der Waals surface area contributed by atoms with Gasteiger partial charge >= 0.3 is 6.18 Å². The van der Waals surface area contributed by atoms with Crippen LogP contribution in [0.1, 0.15) is 11.1 Å². The highest BCUT2D eigenvalue weighted by molar-refractivity contribution is 6.30. The van der Waals surface area contributed by atoms with Crippen molar-refractivity contribution in [1.82, 2.24) is 4.98 Å². The first-order valence-electron chi connectivity index (χ1n) is 5.43. The molecule has 6 heteroatoms. The summed E-state index contributed by atoms with van der Waals surface area (Å²) in [6, 6.07) is 7.25. The van der Waals surface area contributed by atoms with Gasteiger partial charge in [-0.3, -0.25) is 0 Å². The summed E-state index contributed by atoms with van der Waals surface area (Å²) in [5.74, 6) is 0.432. The third-order valence-electron chi connectivity index (χ3n) is 2.54. The van der Waals surface area contributed by atoms with Crippen LogP contribution in [0, 0.1) is 6.92 Å². The maximum absolute atomic E-state index is 12.8. The molecule has 0 bridgehead atoms. The summed E-state index contributed by atoms with van der Waals surface area (Å²) in [6.07, 6.45) is -2.95. The average Bonchev–Trinajstić information content (AvgIpc) is 2.33. The van der Waals surface area contributed by atoms with Crippen molar-refractivity contribution >= 4 is 23.1 Å². The summed E-state index contributed by atoms with van der Waals surface area (Å²) in [4.78, 5) is 3.96. The summed E-state index contributed by atoms with van der Waals surface area (Å²) in [7, 11) is 0. The molecule has 0 aliphatic heterocycles. The summed E-state index contributed by atoms with van der Waals surface area (Å²) in [6.45, 7) is 1.42. The van der Waals surface area contributed by atoms with E-state index in [-0.39, 0.29) is 5.56 Å². The van der Waals surface area contributed by atoms with Crippen molar-refractivity contribution in [3.63, 3.8) is 0 Å². The molecule has 1 heterocycles. The van der Waals surface area contributed by atoms with Gasteiger partial charge in [0.2, 0.25) is 0 Å². The number of nitrogens with one attached hydrogen (secondary N) is 1. The van der Waals surface area contributed by atoms with Crippen molar-refractivity contribution in [3.8, 4) is 0 Å².